The molecule has 0 saturated carbocycles. The molecule has 2 heterocycles. The lowest BCUT2D eigenvalue weighted by Gasteiger charge is -2.25. The molecule has 0 bridgehead atoms. The molecule has 1 unspecified atom stereocenters. The van der Waals surface area contributed by atoms with Crippen LogP contribution in [0.25, 0.3) is 0 Å². The summed E-state index contributed by atoms with van der Waals surface area (Å²) in [5, 5.41) is 5.68. The third kappa shape index (κ3) is 3.08. The zero-order chi connectivity index (χ0) is 13.9. The summed E-state index contributed by atoms with van der Waals surface area (Å²) >= 11 is 5.29. The van der Waals surface area contributed by atoms with E-state index in [4.69, 9.17) is 0 Å². The maximum atomic E-state index is 3.54. The highest BCUT2D eigenvalue weighted by atomic mass is 79.9. The fraction of sp³-hybridized carbons (Fsp3) is 0.375. The van der Waals surface area contributed by atoms with Gasteiger partial charge in [-0.3, -0.25) is 0 Å². The van der Waals surface area contributed by atoms with Crippen LogP contribution in [0.15, 0.2) is 40.2 Å². The number of para-hydroxylation sites is 1. The fourth-order valence-electron chi connectivity index (χ4n) is 2.83. The second-order valence-electron chi connectivity index (χ2n) is 5.28. The van der Waals surface area contributed by atoms with Gasteiger partial charge in [0, 0.05) is 46.1 Å². The van der Waals surface area contributed by atoms with E-state index in [1.54, 1.807) is 11.3 Å². The molecule has 1 aliphatic heterocycles. The molecule has 2 aromatic rings. The standard InChI is InChI=1S/C16H19BrN2S/c1-12-8-13-4-2-3-5-16(13)19(12)7-6-18-10-15-9-14(17)11-20-15/h2-5,9,11-12,18H,6-8,10H2,1H3. The number of hydrogen-bond donors (Lipinski definition) is 1. The molecular weight excluding hydrogens is 332 g/mol. The topological polar surface area (TPSA) is 15.3 Å². The summed E-state index contributed by atoms with van der Waals surface area (Å²) in [6.07, 6.45) is 1.17. The van der Waals surface area contributed by atoms with Gasteiger partial charge in [0.25, 0.3) is 0 Å². The van der Waals surface area contributed by atoms with Gasteiger partial charge in [0.05, 0.1) is 0 Å². The zero-order valence-electron chi connectivity index (χ0n) is 11.6. The SMILES string of the molecule is CC1Cc2ccccc2N1CCNCc1cc(Br)cs1. The molecule has 2 nitrogen and oxygen atoms in total. The maximum absolute atomic E-state index is 3.54. The minimum absolute atomic E-state index is 0.616. The van der Waals surface area contributed by atoms with Crippen LogP contribution in [0, 0.1) is 0 Å². The van der Waals surface area contributed by atoms with E-state index in [2.05, 4.69) is 68.8 Å². The molecule has 1 N–H and O–H groups in total. The number of hydrogen-bond acceptors (Lipinski definition) is 3. The summed E-state index contributed by atoms with van der Waals surface area (Å²) in [4.78, 5) is 3.90. The average molecular weight is 351 g/mol. The van der Waals surface area contributed by atoms with Crippen molar-refractivity contribution in [3.63, 3.8) is 0 Å². The lowest BCUT2D eigenvalue weighted by Crippen LogP contribution is -2.35. The van der Waals surface area contributed by atoms with E-state index in [0.717, 1.165) is 19.6 Å². The van der Waals surface area contributed by atoms with Crippen molar-refractivity contribution in [1.82, 2.24) is 5.32 Å². The number of anilines is 1. The van der Waals surface area contributed by atoms with Gasteiger partial charge in [0.15, 0.2) is 0 Å². The molecule has 20 heavy (non-hydrogen) atoms. The van der Waals surface area contributed by atoms with Gasteiger partial charge in [0.1, 0.15) is 0 Å². The number of fused-ring (bicyclic) bond motifs is 1. The summed E-state index contributed by atoms with van der Waals surface area (Å²) in [5.41, 5.74) is 2.91. The molecule has 0 amide bonds. The molecule has 1 aliphatic rings. The molecule has 0 radical (unpaired) electrons. The molecule has 0 fully saturated rings. The van der Waals surface area contributed by atoms with Crippen LogP contribution in [0.3, 0.4) is 0 Å². The number of benzene rings is 1. The van der Waals surface area contributed by atoms with Crippen LogP contribution < -0.4 is 10.2 Å². The predicted molar refractivity (Wildman–Crippen MR) is 90.7 cm³/mol. The first-order valence-corrected chi connectivity index (χ1v) is 8.69. The largest absolute Gasteiger partial charge is 0.367 e. The number of rotatable bonds is 5. The molecule has 1 aromatic carbocycles. The van der Waals surface area contributed by atoms with Gasteiger partial charge in [0.2, 0.25) is 0 Å². The molecule has 3 rings (SSSR count). The lowest BCUT2D eigenvalue weighted by atomic mass is 10.1. The van der Waals surface area contributed by atoms with Gasteiger partial charge in [-0.2, -0.15) is 0 Å². The first-order valence-electron chi connectivity index (χ1n) is 7.02. The normalized spacial score (nSPS) is 17.5. The van der Waals surface area contributed by atoms with Gasteiger partial charge in [-0.25, -0.2) is 0 Å². The van der Waals surface area contributed by atoms with Crippen molar-refractivity contribution in [3.05, 3.63) is 50.6 Å². The summed E-state index contributed by atoms with van der Waals surface area (Å²) in [6.45, 7) is 5.37. The van der Waals surface area contributed by atoms with E-state index in [1.807, 2.05) is 0 Å². The third-order valence-corrected chi connectivity index (χ3v) is 5.50. The smallest absolute Gasteiger partial charge is 0.0402 e. The molecule has 0 saturated heterocycles. The third-order valence-electron chi connectivity index (χ3n) is 3.80. The second-order valence-corrected chi connectivity index (χ2v) is 7.19. The summed E-state index contributed by atoms with van der Waals surface area (Å²) in [5.74, 6) is 0. The highest BCUT2D eigenvalue weighted by molar-refractivity contribution is 9.10. The van der Waals surface area contributed by atoms with Crippen molar-refractivity contribution in [2.24, 2.45) is 0 Å². The maximum Gasteiger partial charge on any atom is 0.0402 e. The predicted octanol–water partition coefficient (Wildman–Crippen LogP) is 4.05. The van der Waals surface area contributed by atoms with Gasteiger partial charge >= 0.3 is 0 Å². The van der Waals surface area contributed by atoms with E-state index < -0.39 is 0 Å². The van der Waals surface area contributed by atoms with Crippen LogP contribution in [0.4, 0.5) is 5.69 Å². The molecule has 4 heteroatoms. The lowest BCUT2D eigenvalue weighted by molar-refractivity contribution is 0.620. The van der Waals surface area contributed by atoms with Crippen LogP contribution in [0.5, 0.6) is 0 Å². The van der Waals surface area contributed by atoms with E-state index >= 15 is 0 Å². The Morgan fingerprint density at radius 2 is 2.25 bits per heavy atom. The van der Waals surface area contributed by atoms with Gasteiger partial charge < -0.3 is 10.2 Å². The summed E-state index contributed by atoms with van der Waals surface area (Å²) in [6, 6.07) is 11.6. The van der Waals surface area contributed by atoms with Crippen LogP contribution in [-0.4, -0.2) is 19.1 Å². The first-order chi connectivity index (χ1) is 9.74. The Kier molecular flexibility index (Phi) is 4.44. The number of thiophene rings is 1. The van der Waals surface area contributed by atoms with Crippen molar-refractivity contribution in [2.75, 3.05) is 18.0 Å². The molecule has 1 aromatic heterocycles. The summed E-state index contributed by atoms with van der Waals surface area (Å²) < 4.78 is 1.18. The molecule has 1 atom stereocenters. The highest BCUT2D eigenvalue weighted by Gasteiger charge is 2.24. The fourth-order valence-corrected chi connectivity index (χ4v) is 4.25. The Morgan fingerprint density at radius 1 is 1.40 bits per heavy atom. The Bertz CT molecular complexity index is 581. The van der Waals surface area contributed by atoms with E-state index in [0.29, 0.717) is 6.04 Å². The second kappa shape index (κ2) is 6.29. The van der Waals surface area contributed by atoms with Crippen molar-refractivity contribution in [3.8, 4) is 0 Å². The average Bonchev–Trinajstić information content (AvgIpc) is 2.98. The zero-order valence-corrected chi connectivity index (χ0v) is 14.0. The van der Waals surface area contributed by atoms with Crippen molar-refractivity contribution in [1.29, 1.82) is 0 Å². The van der Waals surface area contributed by atoms with Crippen molar-refractivity contribution in [2.45, 2.75) is 25.9 Å². The highest BCUT2D eigenvalue weighted by Crippen LogP contribution is 2.31. The number of nitrogens with one attached hydrogen (secondary N) is 1. The van der Waals surface area contributed by atoms with Gasteiger partial charge in [-0.1, -0.05) is 18.2 Å². The van der Waals surface area contributed by atoms with Crippen LogP contribution in [0.1, 0.15) is 17.4 Å². The Hall–Kier alpha value is -0.840. The van der Waals surface area contributed by atoms with Crippen molar-refractivity contribution >= 4 is 33.0 Å². The van der Waals surface area contributed by atoms with Crippen LogP contribution >= 0.6 is 27.3 Å². The molecule has 0 spiro atoms. The minimum Gasteiger partial charge on any atom is -0.367 e. The number of nitrogens with zero attached hydrogens (tertiary/aromatic N) is 1. The molecule has 0 aliphatic carbocycles. The van der Waals surface area contributed by atoms with Gasteiger partial charge in [-0.15, -0.1) is 11.3 Å². The van der Waals surface area contributed by atoms with E-state index in [9.17, 15) is 0 Å². The Labute approximate surface area is 132 Å². The monoisotopic (exact) mass is 350 g/mol. The summed E-state index contributed by atoms with van der Waals surface area (Å²) in [7, 11) is 0. The Balaban J connectivity index is 1.51. The first kappa shape index (κ1) is 14.1. The van der Waals surface area contributed by atoms with Crippen LogP contribution in [-0.2, 0) is 13.0 Å². The molecular formula is C16H19BrN2S. The van der Waals surface area contributed by atoms with E-state index in [-0.39, 0.29) is 0 Å². The Morgan fingerprint density at radius 3 is 3.05 bits per heavy atom. The minimum atomic E-state index is 0.616. The van der Waals surface area contributed by atoms with Gasteiger partial charge in [-0.05, 0) is 47.0 Å². The quantitative estimate of drug-likeness (QED) is 0.818. The van der Waals surface area contributed by atoms with E-state index in [1.165, 1.54) is 27.0 Å². The van der Waals surface area contributed by atoms with Crippen molar-refractivity contribution < 1.29 is 0 Å². The molecule has 106 valence electrons. The number of halogens is 1. The van der Waals surface area contributed by atoms with Crippen LogP contribution in [0.2, 0.25) is 0 Å².